The van der Waals surface area contributed by atoms with Gasteiger partial charge in [0.15, 0.2) is 0 Å². The van der Waals surface area contributed by atoms with Crippen molar-refractivity contribution in [1.82, 2.24) is 27.8 Å². The van der Waals surface area contributed by atoms with E-state index in [1.165, 1.54) is 0 Å². The Morgan fingerprint density at radius 2 is 2.09 bits per heavy atom. The first kappa shape index (κ1) is 22.6. The molecule has 4 aromatic rings. The summed E-state index contributed by atoms with van der Waals surface area (Å²) < 4.78 is 11.5. The van der Waals surface area contributed by atoms with Gasteiger partial charge < -0.3 is 14.6 Å². The fourth-order valence-electron chi connectivity index (χ4n) is 4.43. The van der Waals surface area contributed by atoms with Gasteiger partial charge in [0.1, 0.15) is 11.8 Å². The number of rotatable bonds is 5. The highest BCUT2D eigenvalue weighted by molar-refractivity contribution is 14.1. The van der Waals surface area contributed by atoms with E-state index in [9.17, 15) is 9.59 Å². The highest BCUT2D eigenvalue weighted by Crippen LogP contribution is 2.32. The second-order valence-corrected chi connectivity index (χ2v) is 10.2. The number of amides is 2. The van der Waals surface area contributed by atoms with Gasteiger partial charge in [-0.3, -0.25) is 17.4 Å². The molecule has 1 aliphatic heterocycles. The van der Waals surface area contributed by atoms with Gasteiger partial charge in [0.25, 0.3) is 5.91 Å². The Bertz CT molecular complexity index is 1440. The molecule has 0 radical (unpaired) electrons. The second-order valence-electron chi connectivity index (χ2n) is 8.78. The summed E-state index contributed by atoms with van der Waals surface area (Å²) in [6, 6.07) is 9.87. The molecular weight excluding hydrogens is 547 g/mol. The number of nitrogens with zero attached hydrogens (tertiary/aromatic N) is 5. The molecule has 1 fully saturated rings. The lowest BCUT2D eigenvalue weighted by atomic mass is 10.0. The molecular formula is C24H25IN6O3. The van der Waals surface area contributed by atoms with E-state index in [0.29, 0.717) is 24.5 Å². The molecule has 4 heterocycles. The van der Waals surface area contributed by atoms with E-state index in [2.05, 4.69) is 10.4 Å². The maximum absolute atomic E-state index is 12.5. The van der Waals surface area contributed by atoms with E-state index in [0.717, 1.165) is 33.1 Å². The van der Waals surface area contributed by atoms with Crippen molar-refractivity contribution in [2.45, 2.75) is 19.4 Å². The molecule has 176 valence electrons. The maximum atomic E-state index is 12.5. The summed E-state index contributed by atoms with van der Waals surface area (Å²) in [7, 11) is 5.49. The third-order valence-electron chi connectivity index (χ3n) is 6.39. The molecule has 0 spiro atoms. The van der Waals surface area contributed by atoms with Crippen molar-refractivity contribution in [2.24, 2.45) is 20.0 Å². The predicted octanol–water partition coefficient (Wildman–Crippen LogP) is 3.45. The van der Waals surface area contributed by atoms with Crippen molar-refractivity contribution in [3.05, 3.63) is 42.2 Å². The van der Waals surface area contributed by atoms with Crippen LogP contribution < -0.4 is 10.1 Å². The zero-order chi connectivity index (χ0) is 24.1. The molecule has 10 heteroatoms. The summed E-state index contributed by atoms with van der Waals surface area (Å²) in [5.74, 6) is 0.591. The summed E-state index contributed by atoms with van der Waals surface area (Å²) >= 11 is 1.98. The van der Waals surface area contributed by atoms with E-state index in [-0.39, 0.29) is 23.8 Å². The van der Waals surface area contributed by atoms with Crippen LogP contribution in [0.4, 0.5) is 0 Å². The Morgan fingerprint density at radius 3 is 2.79 bits per heavy atom. The minimum Gasteiger partial charge on any atom is -0.474 e. The number of fused-ring (bicyclic) bond motifs is 2. The molecule has 5 rings (SSSR count). The summed E-state index contributed by atoms with van der Waals surface area (Å²) in [5.41, 5.74) is 3.97. The molecule has 0 aliphatic carbocycles. The molecule has 0 unspecified atom stereocenters. The number of nitrogens with one attached hydrogen (secondary N) is 1. The van der Waals surface area contributed by atoms with E-state index in [1.807, 2.05) is 85.0 Å². The van der Waals surface area contributed by atoms with E-state index in [1.54, 1.807) is 14.8 Å². The largest absolute Gasteiger partial charge is 0.474 e. The van der Waals surface area contributed by atoms with Crippen molar-refractivity contribution in [3.8, 4) is 17.1 Å². The lowest BCUT2D eigenvalue weighted by molar-refractivity contribution is -0.119. The van der Waals surface area contributed by atoms with Crippen LogP contribution >= 0.6 is 22.9 Å². The molecule has 1 aromatic carbocycles. The molecule has 2 amide bonds. The van der Waals surface area contributed by atoms with Crippen LogP contribution in [0.15, 0.2) is 36.5 Å². The predicted molar refractivity (Wildman–Crippen MR) is 138 cm³/mol. The van der Waals surface area contributed by atoms with Crippen LogP contribution in [0.5, 0.6) is 5.88 Å². The zero-order valence-electron chi connectivity index (χ0n) is 19.4. The molecule has 0 bridgehead atoms. The summed E-state index contributed by atoms with van der Waals surface area (Å²) in [5, 5.41) is 9.25. The van der Waals surface area contributed by atoms with Crippen molar-refractivity contribution < 1.29 is 14.3 Å². The summed E-state index contributed by atoms with van der Waals surface area (Å²) in [4.78, 5) is 29.1. The number of hydrogen-bond acceptors (Lipinski definition) is 5. The number of pyridine rings is 1. The molecule has 1 N–H and O–H groups in total. The standard InChI is InChI=1S/C24H25IN6O3/c1-13(16-9-22(32)26-11-16)34-23-17-12-29(2)28-19(17)10-18(27-23)14-5-6-15-8-21(24(33)31(4)25)30(3)20(15)7-14/h5-8,10,12-13,16H,9,11H2,1-4H3,(H,26,32)/t13-,16-/m1/s1. The van der Waals surface area contributed by atoms with Crippen LogP contribution in [0.1, 0.15) is 23.8 Å². The number of hydrogen-bond donors (Lipinski definition) is 1. The first-order valence-corrected chi connectivity index (χ1v) is 12.0. The van der Waals surface area contributed by atoms with Crippen molar-refractivity contribution in [3.63, 3.8) is 0 Å². The van der Waals surface area contributed by atoms with Crippen molar-refractivity contribution in [1.29, 1.82) is 0 Å². The topological polar surface area (TPSA) is 94.3 Å². The van der Waals surface area contributed by atoms with Gasteiger partial charge in [-0.25, -0.2) is 4.98 Å². The number of carbonyl (C=O) groups is 2. The lowest BCUT2D eigenvalue weighted by Crippen LogP contribution is -2.26. The Hall–Kier alpha value is -3.15. The van der Waals surface area contributed by atoms with Gasteiger partial charge in [-0.15, -0.1) is 0 Å². The summed E-state index contributed by atoms with van der Waals surface area (Å²) in [6.07, 6.45) is 2.17. The van der Waals surface area contributed by atoms with E-state index >= 15 is 0 Å². The minimum atomic E-state index is -0.181. The Morgan fingerprint density at radius 1 is 1.29 bits per heavy atom. The van der Waals surface area contributed by atoms with Gasteiger partial charge in [0, 0.05) is 62.7 Å². The molecule has 1 aliphatic rings. The fourth-order valence-corrected chi connectivity index (χ4v) is 4.68. The second kappa shape index (κ2) is 8.57. The van der Waals surface area contributed by atoms with Gasteiger partial charge in [-0.05, 0) is 25.1 Å². The lowest BCUT2D eigenvalue weighted by Gasteiger charge is -2.19. The molecule has 3 aromatic heterocycles. The molecule has 34 heavy (non-hydrogen) atoms. The number of aryl methyl sites for hydroxylation is 2. The van der Waals surface area contributed by atoms with Gasteiger partial charge in [0.05, 0.1) is 39.5 Å². The average molecular weight is 572 g/mol. The quantitative estimate of drug-likeness (QED) is 0.292. The van der Waals surface area contributed by atoms with Gasteiger partial charge in [-0.1, -0.05) is 12.1 Å². The monoisotopic (exact) mass is 572 g/mol. The maximum Gasteiger partial charge on any atom is 0.278 e. The SMILES string of the molecule is C[C@@H](Oc1nc(-c2ccc3cc(C(=O)N(C)I)n(C)c3c2)cc2nn(C)cc12)[C@H]1CNC(=O)C1. The molecule has 2 atom stereocenters. The van der Waals surface area contributed by atoms with Gasteiger partial charge in [-0.2, -0.15) is 5.10 Å². The van der Waals surface area contributed by atoms with Crippen LogP contribution in [0.3, 0.4) is 0 Å². The van der Waals surface area contributed by atoms with Crippen LogP contribution in [0.25, 0.3) is 33.1 Å². The molecule has 0 saturated carbocycles. The van der Waals surface area contributed by atoms with Crippen LogP contribution in [-0.4, -0.2) is 54.0 Å². The van der Waals surface area contributed by atoms with Gasteiger partial charge in [0.2, 0.25) is 11.8 Å². The smallest absolute Gasteiger partial charge is 0.278 e. The first-order valence-electron chi connectivity index (χ1n) is 11.0. The highest BCUT2D eigenvalue weighted by Gasteiger charge is 2.29. The number of benzene rings is 1. The number of ether oxygens (including phenoxy) is 1. The van der Waals surface area contributed by atoms with Crippen LogP contribution in [0, 0.1) is 5.92 Å². The third-order valence-corrected chi connectivity index (χ3v) is 6.83. The number of carbonyl (C=O) groups excluding carboxylic acids is 2. The average Bonchev–Trinajstić information content (AvgIpc) is 3.49. The number of aromatic nitrogens is 4. The third kappa shape index (κ3) is 3.99. The Kier molecular flexibility index (Phi) is 5.70. The minimum absolute atomic E-state index is 0.0520. The van der Waals surface area contributed by atoms with Crippen molar-refractivity contribution >= 4 is 56.5 Å². The summed E-state index contributed by atoms with van der Waals surface area (Å²) in [6.45, 7) is 2.58. The van der Waals surface area contributed by atoms with Crippen LogP contribution in [-0.2, 0) is 18.9 Å². The zero-order valence-corrected chi connectivity index (χ0v) is 21.5. The first-order chi connectivity index (χ1) is 16.2. The van der Waals surface area contributed by atoms with E-state index in [4.69, 9.17) is 9.72 Å². The van der Waals surface area contributed by atoms with Crippen molar-refractivity contribution in [2.75, 3.05) is 13.6 Å². The Balaban J connectivity index is 1.56. The number of halogens is 1. The molecule has 1 saturated heterocycles. The highest BCUT2D eigenvalue weighted by atomic mass is 127. The van der Waals surface area contributed by atoms with Crippen LogP contribution in [0.2, 0.25) is 0 Å². The fraction of sp³-hybridized carbons (Fsp3) is 0.333. The van der Waals surface area contributed by atoms with E-state index < -0.39 is 0 Å². The Labute approximate surface area is 210 Å². The normalized spacial score (nSPS) is 16.7. The van der Waals surface area contributed by atoms with Gasteiger partial charge >= 0.3 is 0 Å². The molecule has 9 nitrogen and oxygen atoms in total.